The summed E-state index contributed by atoms with van der Waals surface area (Å²) in [5, 5.41) is 7.35. The van der Waals surface area contributed by atoms with E-state index in [1.54, 1.807) is 10.9 Å². The van der Waals surface area contributed by atoms with Crippen LogP contribution in [0.2, 0.25) is 0 Å². The molecular formula is C10H12N6. The van der Waals surface area contributed by atoms with Crippen LogP contribution in [0.25, 0.3) is 0 Å². The van der Waals surface area contributed by atoms with E-state index < -0.39 is 0 Å². The molecule has 0 amide bonds. The second-order valence-corrected chi connectivity index (χ2v) is 3.72. The van der Waals surface area contributed by atoms with Crippen molar-refractivity contribution in [1.82, 2.24) is 19.7 Å². The number of rotatable bonds is 1. The van der Waals surface area contributed by atoms with E-state index in [0.717, 1.165) is 24.6 Å². The summed E-state index contributed by atoms with van der Waals surface area (Å²) in [6.07, 6.45) is 2.73. The van der Waals surface area contributed by atoms with Crippen molar-refractivity contribution in [2.24, 2.45) is 0 Å². The van der Waals surface area contributed by atoms with Gasteiger partial charge in [-0.15, -0.1) is 5.10 Å². The maximum absolute atomic E-state index is 5.60. The van der Waals surface area contributed by atoms with Gasteiger partial charge in [-0.3, -0.25) is 4.98 Å². The Morgan fingerprint density at radius 1 is 1.44 bits per heavy atom. The number of fused-ring (bicyclic) bond motifs is 1. The van der Waals surface area contributed by atoms with Gasteiger partial charge in [-0.2, -0.15) is 4.98 Å². The Kier molecular flexibility index (Phi) is 1.99. The molecule has 0 saturated carbocycles. The highest BCUT2D eigenvalue weighted by Gasteiger charge is 2.24. The van der Waals surface area contributed by atoms with Crippen LogP contribution in [0.5, 0.6) is 0 Å². The maximum atomic E-state index is 5.60. The average molecular weight is 216 g/mol. The van der Waals surface area contributed by atoms with Crippen LogP contribution in [0.3, 0.4) is 0 Å². The Morgan fingerprint density at radius 2 is 2.38 bits per heavy atom. The lowest BCUT2D eigenvalue weighted by molar-refractivity contribution is 0.471. The number of nitrogens with one attached hydrogen (secondary N) is 1. The SMILES string of the molecule is Nc1nc2n(n1)C(c1ccccn1)CCN2. The van der Waals surface area contributed by atoms with E-state index in [1.165, 1.54) is 0 Å². The monoisotopic (exact) mass is 216 g/mol. The summed E-state index contributed by atoms with van der Waals surface area (Å²) in [6, 6.07) is 6.01. The molecule has 2 aromatic rings. The van der Waals surface area contributed by atoms with E-state index in [0.29, 0.717) is 5.95 Å². The third-order valence-electron chi connectivity index (χ3n) is 2.67. The normalized spacial score (nSPS) is 18.9. The van der Waals surface area contributed by atoms with Crippen LogP contribution in [0.1, 0.15) is 18.2 Å². The van der Waals surface area contributed by atoms with Gasteiger partial charge in [0.05, 0.1) is 11.7 Å². The van der Waals surface area contributed by atoms with Gasteiger partial charge >= 0.3 is 0 Å². The molecule has 3 N–H and O–H groups in total. The van der Waals surface area contributed by atoms with Crippen molar-refractivity contribution in [2.75, 3.05) is 17.6 Å². The minimum atomic E-state index is 0.127. The van der Waals surface area contributed by atoms with Crippen LogP contribution in [-0.4, -0.2) is 26.3 Å². The lowest BCUT2D eigenvalue weighted by Gasteiger charge is -2.23. The predicted molar refractivity (Wildman–Crippen MR) is 59.9 cm³/mol. The summed E-state index contributed by atoms with van der Waals surface area (Å²) in [4.78, 5) is 8.47. The molecule has 16 heavy (non-hydrogen) atoms. The van der Waals surface area contributed by atoms with E-state index >= 15 is 0 Å². The quantitative estimate of drug-likeness (QED) is 0.731. The number of hydrogen-bond acceptors (Lipinski definition) is 5. The van der Waals surface area contributed by atoms with Crippen LogP contribution < -0.4 is 11.1 Å². The number of aromatic nitrogens is 4. The Bertz CT molecular complexity index is 491. The third-order valence-corrected chi connectivity index (χ3v) is 2.67. The molecule has 0 bridgehead atoms. The van der Waals surface area contributed by atoms with E-state index in [4.69, 9.17) is 5.73 Å². The molecule has 1 atom stereocenters. The molecule has 0 spiro atoms. The minimum Gasteiger partial charge on any atom is -0.366 e. The van der Waals surface area contributed by atoms with Crippen molar-refractivity contribution in [1.29, 1.82) is 0 Å². The minimum absolute atomic E-state index is 0.127. The molecule has 6 nitrogen and oxygen atoms in total. The lowest BCUT2D eigenvalue weighted by Crippen LogP contribution is -2.25. The van der Waals surface area contributed by atoms with Crippen molar-refractivity contribution >= 4 is 11.9 Å². The zero-order valence-electron chi connectivity index (χ0n) is 8.67. The van der Waals surface area contributed by atoms with Crippen molar-refractivity contribution in [3.05, 3.63) is 30.1 Å². The van der Waals surface area contributed by atoms with Gasteiger partial charge in [0, 0.05) is 12.7 Å². The summed E-state index contributed by atoms with van der Waals surface area (Å²) in [6.45, 7) is 0.860. The van der Waals surface area contributed by atoms with Crippen molar-refractivity contribution in [2.45, 2.75) is 12.5 Å². The van der Waals surface area contributed by atoms with E-state index in [9.17, 15) is 0 Å². The fourth-order valence-electron chi connectivity index (χ4n) is 1.97. The number of nitrogens with zero attached hydrogens (tertiary/aromatic N) is 4. The second kappa shape index (κ2) is 3.48. The molecule has 0 fully saturated rings. The van der Waals surface area contributed by atoms with Crippen LogP contribution in [-0.2, 0) is 0 Å². The molecule has 3 heterocycles. The molecule has 3 rings (SSSR count). The standard InChI is InChI=1S/C10H12N6/c11-9-14-10-13-6-4-8(16(10)15-9)7-3-1-2-5-12-7/h1-3,5,8H,4,6H2,(H3,11,13,14,15). The van der Waals surface area contributed by atoms with Gasteiger partial charge in [-0.1, -0.05) is 6.07 Å². The van der Waals surface area contributed by atoms with Gasteiger partial charge in [0.15, 0.2) is 0 Å². The van der Waals surface area contributed by atoms with Gasteiger partial charge in [-0.25, -0.2) is 4.68 Å². The molecule has 1 aliphatic rings. The summed E-state index contributed by atoms with van der Waals surface area (Å²) < 4.78 is 1.81. The Labute approximate surface area is 92.5 Å². The van der Waals surface area contributed by atoms with Crippen LogP contribution in [0, 0.1) is 0 Å². The number of pyridine rings is 1. The van der Waals surface area contributed by atoms with Crippen molar-refractivity contribution in [3.63, 3.8) is 0 Å². The fourth-order valence-corrected chi connectivity index (χ4v) is 1.97. The first-order valence-electron chi connectivity index (χ1n) is 5.21. The first-order chi connectivity index (χ1) is 7.84. The highest BCUT2D eigenvalue weighted by molar-refractivity contribution is 5.35. The molecule has 2 aromatic heterocycles. The smallest absolute Gasteiger partial charge is 0.241 e. The third kappa shape index (κ3) is 1.39. The summed E-state index contributed by atoms with van der Waals surface area (Å²) in [7, 11) is 0. The summed E-state index contributed by atoms with van der Waals surface area (Å²) in [5.74, 6) is 1.02. The van der Waals surface area contributed by atoms with Gasteiger partial charge in [0.1, 0.15) is 0 Å². The number of hydrogen-bond donors (Lipinski definition) is 2. The predicted octanol–water partition coefficient (Wildman–Crippen LogP) is 0.660. The van der Waals surface area contributed by atoms with Gasteiger partial charge in [0.2, 0.25) is 11.9 Å². The highest BCUT2D eigenvalue weighted by Crippen LogP contribution is 2.26. The van der Waals surface area contributed by atoms with Crippen molar-refractivity contribution < 1.29 is 0 Å². The number of anilines is 2. The fraction of sp³-hybridized carbons (Fsp3) is 0.300. The molecule has 1 aliphatic heterocycles. The van der Waals surface area contributed by atoms with Crippen LogP contribution in [0.4, 0.5) is 11.9 Å². The van der Waals surface area contributed by atoms with Crippen LogP contribution in [0.15, 0.2) is 24.4 Å². The van der Waals surface area contributed by atoms with Gasteiger partial charge < -0.3 is 11.1 Å². The zero-order valence-corrected chi connectivity index (χ0v) is 8.67. The van der Waals surface area contributed by atoms with Gasteiger partial charge in [-0.05, 0) is 18.6 Å². The lowest BCUT2D eigenvalue weighted by atomic mass is 10.1. The number of nitrogen functional groups attached to an aromatic ring is 1. The van der Waals surface area contributed by atoms with E-state index in [1.807, 2.05) is 18.2 Å². The second-order valence-electron chi connectivity index (χ2n) is 3.72. The molecule has 1 unspecified atom stereocenters. The highest BCUT2D eigenvalue weighted by atomic mass is 15.4. The van der Waals surface area contributed by atoms with Crippen LogP contribution >= 0.6 is 0 Å². The largest absolute Gasteiger partial charge is 0.366 e. The Balaban J connectivity index is 2.05. The summed E-state index contributed by atoms with van der Waals surface area (Å²) in [5.41, 5.74) is 6.59. The molecule has 6 heteroatoms. The molecule has 0 saturated heterocycles. The van der Waals surface area contributed by atoms with E-state index in [2.05, 4.69) is 20.4 Å². The summed E-state index contributed by atoms with van der Waals surface area (Å²) >= 11 is 0. The molecule has 0 aliphatic carbocycles. The molecule has 0 aromatic carbocycles. The Hall–Kier alpha value is -2.11. The molecule has 0 radical (unpaired) electrons. The first-order valence-corrected chi connectivity index (χ1v) is 5.21. The molecular weight excluding hydrogens is 204 g/mol. The Morgan fingerprint density at radius 3 is 3.19 bits per heavy atom. The average Bonchev–Trinajstić information content (AvgIpc) is 2.70. The maximum Gasteiger partial charge on any atom is 0.241 e. The van der Waals surface area contributed by atoms with E-state index in [-0.39, 0.29) is 6.04 Å². The number of nitrogens with two attached hydrogens (primary N) is 1. The topological polar surface area (TPSA) is 81.7 Å². The first kappa shape index (κ1) is 9.14. The zero-order chi connectivity index (χ0) is 11.0. The van der Waals surface area contributed by atoms with Gasteiger partial charge in [0.25, 0.3) is 0 Å². The van der Waals surface area contributed by atoms with Crippen molar-refractivity contribution in [3.8, 4) is 0 Å². The molecule has 82 valence electrons.